The minimum absolute atomic E-state index is 0.0570. The Kier molecular flexibility index (Phi) is 8.82. The fraction of sp³-hybridized carbons (Fsp3) is 0.619. The Morgan fingerprint density at radius 2 is 1.90 bits per heavy atom. The molecule has 1 aromatic carbocycles. The summed E-state index contributed by atoms with van der Waals surface area (Å²) in [6, 6.07) is 3.76. The molecule has 1 heterocycles. The van der Waals surface area contributed by atoms with Crippen molar-refractivity contribution in [2.75, 3.05) is 53.4 Å². The lowest BCUT2D eigenvalue weighted by atomic mass is 10.0. The molecule has 1 fully saturated rings. The number of rotatable bonds is 7. The van der Waals surface area contributed by atoms with Crippen LogP contribution in [0.4, 0.5) is 8.78 Å². The predicted octanol–water partition coefficient (Wildman–Crippen LogP) is 2.48. The van der Waals surface area contributed by atoms with Gasteiger partial charge in [0.1, 0.15) is 11.6 Å². The van der Waals surface area contributed by atoms with Crippen LogP contribution in [0, 0.1) is 11.6 Å². The highest BCUT2D eigenvalue weighted by Crippen LogP contribution is 2.28. The van der Waals surface area contributed by atoms with Gasteiger partial charge in [-0.25, -0.2) is 8.78 Å². The largest absolute Gasteiger partial charge is 0.357 e. The third-order valence-corrected chi connectivity index (χ3v) is 5.18. The maximum atomic E-state index is 14.3. The van der Waals surface area contributed by atoms with Gasteiger partial charge < -0.3 is 15.1 Å². The van der Waals surface area contributed by atoms with E-state index in [0.29, 0.717) is 18.5 Å². The number of carbonyl (C=O) groups excluding carboxylic acids is 1. The highest BCUT2D eigenvalue weighted by molar-refractivity contribution is 5.81. The number of benzene rings is 1. The number of hydrogen-bond acceptors (Lipinski definition) is 3. The summed E-state index contributed by atoms with van der Waals surface area (Å²) < 4.78 is 27.5. The molecular formula is C21H33F2N5O. The molecule has 6 nitrogen and oxygen atoms in total. The van der Waals surface area contributed by atoms with Gasteiger partial charge in [0.25, 0.3) is 0 Å². The average molecular weight is 410 g/mol. The second-order valence-corrected chi connectivity index (χ2v) is 7.39. The molecule has 0 bridgehead atoms. The van der Waals surface area contributed by atoms with Crippen LogP contribution in [0.25, 0.3) is 0 Å². The number of carbonyl (C=O) groups is 1. The smallest absolute Gasteiger partial charge is 0.223 e. The topological polar surface area (TPSA) is 51.2 Å². The van der Waals surface area contributed by atoms with Crippen LogP contribution in [0.2, 0.25) is 0 Å². The first-order chi connectivity index (χ1) is 13.9. The summed E-state index contributed by atoms with van der Waals surface area (Å²) >= 11 is 0. The second kappa shape index (κ2) is 11.1. The van der Waals surface area contributed by atoms with E-state index in [1.54, 1.807) is 25.1 Å². The molecule has 1 saturated heterocycles. The van der Waals surface area contributed by atoms with Gasteiger partial charge in [0.05, 0.1) is 6.54 Å². The first-order valence-electron chi connectivity index (χ1n) is 10.3. The third-order valence-electron chi connectivity index (χ3n) is 5.18. The number of piperazine rings is 1. The van der Waals surface area contributed by atoms with Crippen LogP contribution in [0.5, 0.6) is 0 Å². The summed E-state index contributed by atoms with van der Waals surface area (Å²) in [7, 11) is 3.48. The fourth-order valence-corrected chi connectivity index (χ4v) is 3.60. The van der Waals surface area contributed by atoms with E-state index in [2.05, 4.69) is 20.1 Å². The summed E-state index contributed by atoms with van der Waals surface area (Å²) in [5.74, 6) is -0.175. The molecule has 1 atom stereocenters. The third kappa shape index (κ3) is 6.39. The van der Waals surface area contributed by atoms with Crippen LogP contribution in [0.15, 0.2) is 23.2 Å². The van der Waals surface area contributed by atoms with Crippen molar-refractivity contribution in [3.63, 3.8) is 0 Å². The molecule has 1 aromatic rings. The Bertz CT molecular complexity index is 702. The van der Waals surface area contributed by atoms with Gasteiger partial charge in [0.15, 0.2) is 5.96 Å². The Labute approximate surface area is 172 Å². The fourth-order valence-electron chi connectivity index (χ4n) is 3.60. The monoisotopic (exact) mass is 409 g/mol. The first-order valence-corrected chi connectivity index (χ1v) is 10.3. The summed E-state index contributed by atoms with van der Waals surface area (Å²) in [6.45, 7) is 8.26. The number of nitrogens with one attached hydrogen (secondary N) is 1. The van der Waals surface area contributed by atoms with Gasteiger partial charge in [-0.2, -0.15) is 0 Å². The van der Waals surface area contributed by atoms with Gasteiger partial charge in [-0.05, 0) is 19.4 Å². The van der Waals surface area contributed by atoms with E-state index in [-0.39, 0.29) is 11.9 Å². The Morgan fingerprint density at radius 3 is 2.45 bits per heavy atom. The van der Waals surface area contributed by atoms with Gasteiger partial charge >= 0.3 is 0 Å². The van der Waals surface area contributed by atoms with E-state index in [9.17, 15) is 13.6 Å². The zero-order chi connectivity index (χ0) is 21.4. The molecule has 0 radical (unpaired) electrons. The van der Waals surface area contributed by atoms with Crippen LogP contribution < -0.4 is 5.32 Å². The number of hydrogen-bond donors (Lipinski definition) is 1. The molecule has 0 aromatic heterocycles. The van der Waals surface area contributed by atoms with E-state index in [0.717, 1.165) is 51.2 Å². The van der Waals surface area contributed by atoms with Gasteiger partial charge in [0.2, 0.25) is 5.91 Å². The van der Waals surface area contributed by atoms with Crippen LogP contribution >= 0.6 is 0 Å². The van der Waals surface area contributed by atoms with Crippen molar-refractivity contribution in [3.8, 4) is 0 Å². The highest BCUT2D eigenvalue weighted by Gasteiger charge is 2.27. The maximum Gasteiger partial charge on any atom is 0.223 e. The summed E-state index contributed by atoms with van der Waals surface area (Å²) in [5, 5.41) is 3.29. The second-order valence-electron chi connectivity index (χ2n) is 7.39. The molecule has 0 aliphatic carbocycles. The number of aliphatic imine (C=N–C) groups is 1. The van der Waals surface area contributed by atoms with Crippen molar-refractivity contribution in [1.82, 2.24) is 20.0 Å². The van der Waals surface area contributed by atoms with Crippen molar-refractivity contribution in [2.24, 2.45) is 4.99 Å². The molecule has 1 amide bonds. The Balaban J connectivity index is 1.99. The van der Waals surface area contributed by atoms with Gasteiger partial charge in [0, 0.05) is 70.9 Å². The van der Waals surface area contributed by atoms with Gasteiger partial charge in [-0.3, -0.25) is 14.7 Å². The molecule has 0 saturated carbocycles. The van der Waals surface area contributed by atoms with Crippen molar-refractivity contribution in [3.05, 3.63) is 35.4 Å². The normalized spacial score (nSPS) is 16.6. The summed E-state index contributed by atoms with van der Waals surface area (Å²) in [6.07, 6.45) is 1.13. The molecular weight excluding hydrogens is 376 g/mol. The minimum Gasteiger partial charge on any atom is -0.357 e. The van der Waals surface area contributed by atoms with Crippen LogP contribution in [-0.4, -0.2) is 79.9 Å². The summed E-state index contributed by atoms with van der Waals surface area (Å²) in [5.41, 5.74) is 0.546. The molecule has 1 N–H and O–H groups in total. The van der Waals surface area contributed by atoms with E-state index in [1.165, 1.54) is 6.07 Å². The number of halogens is 2. The highest BCUT2D eigenvalue weighted by atomic mass is 19.1. The van der Waals surface area contributed by atoms with Crippen LogP contribution in [0.3, 0.4) is 0 Å². The lowest BCUT2D eigenvalue weighted by Gasteiger charge is -2.40. The molecule has 1 aliphatic rings. The Hall–Kier alpha value is -2.22. The average Bonchev–Trinajstić information content (AvgIpc) is 2.69. The van der Waals surface area contributed by atoms with Gasteiger partial charge in [-0.15, -0.1) is 0 Å². The molecule has 2 rings (SSSR count). The zero-order valence-electron chi connectivity index (χ0n) is 17.9. The van der Waals surface area contributed by atoms with Gasteiger partial charge in [-0.1, -0.05) is 13.0 Å². The lowest BCUT2D eigenvalue weighted by molar-refractivity contribution is -0.128. The zero-order valence-corrected chi connectivity index (χ0v) is 17.9. The van der Waals surface area contributed by atoms with E-state index in [1.807, 2.05) is 13.8 Å². The quantitative estimate of drug-likeness (QED) is 0.555. The van der Waals surface area contributed by atoms with Crippen LogP contribution in [-0.2, 0) is 4.79 Å². The van der Waals surface area contributed by atoms with E-state index >= 15 is 0 Å². The summed E-state index contributed by atoms with van der Waals surface area (Å²) in [4.78, 5) is 22.3. The SMILES string of the molecule is CCNC(=NCCC(=O)N(C)C)N1CCN(C(CC)c2ccc(F)cc2F)CC1. The molecule has 8 heteroatoms. The van der Waals surface area contributed by atoms with Crippen molar-refractivity contribution >= 4 is 11.9 Å². The molecule has 29 heavy (non-hydrogen) atoms. The molecule has 1 aliphatic heterocycles. The lowest BCUT2D eigenvalue weighted by Crippen LogP contribution is -2.53. The number of nitrogens with zero attached hydrogens (tertiary/aromatic N) is 4. The first kappa shape index (κ1) is 23.1. The van der Waals surface area contributed by atoms with Crippen molar-refractivity contribution in [2.45, 2.75) is 32.7 Å². The Morgan fingerprint density at radius 1 is 1.21 bits per heavy atom. The van der Waals surface area contributed by atoms with Crippen LogP contribution in [0.1, 0.15) is 38.3 Å². The standard InChI is InChI=1S/C21H33F2N5O/c1-5-19(17-8-7-16(22)15-18(17)23)27-11-13-28(14-12-27)21(24-6-2)25-10-9-20(29)26(3)4/h7-8,15,19H,5-6,9-14H2,1-4H3,(H,24,25). The van der Waals surface area contributed by atoms with Crippen molar-refractivity contribution in [1.29, 1.82) is 0 Å². The van der Waals surface area contributed by atoms with E-state index in [4.69, 9.17) is 0 Å². The number of amides is 1. The maximum absolute atomic E-state index is 14.3. The minimum atomic E-state index is -0.551. The van der Waals surface area contributed by atoms with Crippen molar-refractivity contribution < 1.29 is 13.6 Å². The van der Waals surface area contributed by atoms with E-state index < -0.39 is 11.6 Å². The molecule has 0 spiro atoms. The number of guanidine groups is 1. The predicted molar refractivity (Wildman–Crippen MR) is 112 cm³/mol. The molecule has 1 unspecified atom stereocenters. The molecule has 162 valence electrons.